The molecule has 0 unspecified atom stereocenters. The molecule has 0 radical (unpaired) electrons. The van der Waals surface area contributed by atoms with Crippen molar-refractivity contribution < 1.29 is 9.72 Å². The molecule has 5 rings (SSSR count). The van der Waals surface area contributed by atoms with Crippen molar-refractivity contribution in [2.75, 3.05) is 0 Å². The summed E-state index contributed by atoms with van der Waals surface area (Å²) in [5.74, 6) is -0.500. The average molecular weight is 447 g/mol. The van der Waals surface area contributed by atoms with E-state index in [2.05, 4.69) is 9.97 Å². The number of pyridine rings is 2. The normalized spacial score (nSPS) is 11.3. The third-order valence-corrected chi connectivity index (χ3v) is 5.57. The van der Waals surface area contributed by atoms with Crippen LogP contribution in [-0.2, 0) is 0 Å². The minimum Gasteiger partial charge on any atom is -0.321 e. The van der Waals surface area contributed by atoms with Gasteiger partial charge in [0.1, 0.15) is 0 Å². The molecule has 0 fully saturated rings. The number of allylic oxidation sites excluding steroid dienone is 1. The average Bonchev–Trinajstić information content (AvgIpc) is 2.86. The summed E-state index contributed by atoms with van der Waals surface area (Å²) >= 11 is 0. The lowest BCUT2D eigenvalue weighted by molar-refractivity contribution is -0.384. The fourth-order valence-electron chi connectivity index (χ4n) is 3.99. The quantitative estimate of drug-likeness (QED) is 0.165. The minimum absolute atomic E-state index is 0.0714. The van der Waals surface area contributed by atoms with E-state index in [0.29, 0.717) is 22.0 Å². The number of fused-ring (bicyclic) bond motifs is 2. The minimum atomic E-state index is -0.558. The molecule has 0 saturated heterocycles. The van der Waals surface area contributed by atoms with Crippen LogP contribution in [0.25, 0.3) is 39.0 Å². The van der Waals surface area contributed by atoms with Crippen molar-refractivity contribution in [3.63, 3.8) is 0 Å². The number of hydrogen-bond acceptors (Lipinski definition) is 5. The number of carbonyl (C=O) groups is 1. The van der Waals surface area contributed by atoms with E-state index in [0.717, 1.165) is 16.5 Å². The molecular formula is C27H17N3O4. The maximum absolute atomic E-state index is 13.3. The highest BCUT2D eigenvalue weighted by Gasteiger charge is 2.21. The third kappa shape index (κ3) is 3.86. The van der Waals surface area contributed by atoms with Gasteiger partial charge >= 0.3 is 0 Å². The van der Waals surface area contributed by atoms with E-state index in [1.54, 1.807) is 36.5 Å². The Morgan fingerprint density at radius 1 is 0.971 bits per heavy atom. The predicted octanol–water partition coefficient (Wildman–Crippen LogP) is 5.55. The number of carbonyl (C=O) groups excluding carboxylic acids is 1. The zero-order valence-electron chi connectivity index (χ0n) is 17.8. The van der Waals surface area contributed by atoms with Crippen molar-refractivity contribution in [2.24, 2.45) is 0 Å². The van der Waals surface area contributed by atoms with Crippen molar-refractivity contribution in [1.29, 1.82) is 0 Å². The molecule has 0 aliphatic carbocycles. The number of non-ortho nitro benzene ring substituents is 1. The number of aromatic nitrogens is 2. The largest absolute Gasteiger partial charge is 0.321 e. The Labute approximate surface area is 193 Å². The number of nitro benzene ring substituents is 1. The Hall–Kier alpha value is -4.91. The Bertz CT molecular complexity index is 1670. The summed E-state index contributed by atoms with van der Waals surface area (Å²) in [4.78, 5) is 44.2. The molecule has 5 aromatic rings. The van der Waals surface area contributed by atoms with Crippen LogP contribution in [0.4, 0.5) is 5.69 Å². The SMILES string of the molecule is O=C(C=Cc1ccc2ncccc2c1)c1c(-c2ccccc2)c2cc([N+](=O)[O-])ccc2[nH]c1=O. The molecule has 34 heavy (non-hydrogen) atoms. The maximum Gasteiger partial charge on any atom is 0.270 e. The van der Waals surface area contributed by atoms with Crippen LogP contribution in [0.15, 0.2) is 95.9 Å². The van der Waals surface area contributed by atoms with Gasteiger partial charge in [0.25, 0.3) is 11.2 Å². The molecule has 0 atom stereocenters. The van der Waals surface area contributed by atoms with Crippen molar-refractivity contribution in [3.05, 3.63) is 123 Å². The highest BCUT2D eigenvalue weighted by Crippen LogP contribution is 2.32. The van der Waals surface area contributed by atoms with Crippen molar-refractivity contribution in [1.82, 2.24) is 9.97 Å². The first-order chi connectivity index (χ1) is 16.5. The molecule has 0 bridgehead atoms. The van der Waals surface area contributed by atoms with Crippen LogP contribution in [-0.4, -0.2) is 20.7 Å². The highest BCUT2D eigenvalue weighted by atomic mass is 16.6. The molecular weight excluding hydrogens is 430 g/mol. The maximum atomic E-state index is 13.3. The molecule has 1 N–H and O–H groups in total. The van der Waals surface area contributed by atoms with E-state index >= 15 is 0 Å². The fourth-order valence-corrected chi connectivity index (χ4v) is 3.99. The molecule has 0 amide bonds. The lowest BCUT2D eigenvalue weighted by atomic mass is 9.93. The molecule has 164 valence electrons. The first-order valence-corrected chi connectivity index (χ1v) is 10.5. The van der Waals surface area contributed by atoms with Gasteiger partial charge in [0.2, 0.25) is 0 Å². The summed E-state index contributed by atoms with van der Waals surface area (Å²) in [6.07, 6.45) is 4.70. The van der Waals surface area contributed by atoms with Crippen LogP contribution in [0, 0.1) is 10.1 Å². The number of nitro groups is 1. The van der Waals surface area contributed by atoms with Gasteiger partial charge in [-0.2, -0.15) is 0 Å². The van der Waals surface area contributed by atoms with Crippen LogP contribution in [0.3, 0.4) is 0 Å². The van der Waals surface area contributed by atoms with Gasteiger partial charge in [0.15, 0.2) is 5.78 Å². The molecule has 7 nitrogen and oxygen atoms in total. The second-order valence-electron chi connectivity index (χ2n) is 7.71. The Morgan fingerprint density at radius 3 is 2.59 bits per heavy atom. The molecule has 0 saturated carbocycles. The summed E-state index contributed by atoms with van der Waals surface area (Å²) in [6.45, 7) is 0. The van der Waals surface area contributed by atoms with Crippen LogP contribution in [0.5, 0.6) is 0 Å². The number of hydrogen-bond donors (Lipinski definition) is 1. The predicted molar refractivity (Wildman–Crippen MR) is 132 cm³/mol. The number of H-pyrrole nitrogens is 1. The smallest absolute Gasteiger partial charge is 0.270 e. The van der Waals surface area contributed by atoms with Gasteiger partial charge in [-0.05, 0) is 41.5 Å². The van der Waals surface area contributed by atoms with E-state index < -0.39 is 16.3 Å². The van der Waals surface area contributed by atoms with E-state index in [-0.39, 0.29) is 11.3 Å². The van der Waals surface area contributed by atoms with E-state index in [9.17, 15) is 19.7 Å². The van der Waals surface area contributed by atoms with Crippen LogP contribution in [0.1, 0.15) is 15.9 Å². The summed E-state index contributed by atoms with van der Waals surface area (Å²) in [6, 6.07) is 22.5. The highest BCUT2D eigenvalue weighted by molar-refractivity contribution is 6.15. The van der Waals surface area contributed by atoms with Gasteiger partial charge in [0, 0.05) is 40.2 Å². The Kier molecular flexibility index (Phi) is 5.27. The van der Waals surface area contributed by atoms with Gasteiger partial charge in [-0.1, -0.05) is 48.5 Å². The van der Waals surface area contributed by atoms with Crippen LogP contribution < -0.4 is 5.56 Å². The van der Waals surface area contributed by atoms with Gasteiger partial charge in [-0.3, -0.25) is 24.7 Å². The molecule has 2 aromatic heterocycles. The molecule has 2 heterocycles. The van der Waals surface area contributed by atoms with Gasteiger partial charge in [0.05, 0.1) is 16.0 Å². The van der Waals surface area contributed by atoms with Crippen LogP contribution >= 0.6 is 0 Å². The standard InChI is InChI=1S/C27H17N3O4/c31-24(13-9-17-8-11-22-19(15-17)7-4-14-28-22)26-25(18-5-2-1-3-6-18)21-16-20(30(33)34)10-12-23(21)29-27(26)32/h1-16H,(H,29,32). The summed E-state index contributed by atoms with van der Waals surface area (Å²) in [5, 5.41) is 12.7. The van der Waals surface area contributed by atoms with Gasteiger partial charge in [-0.25, -0.2) is 0 Å². The number of rotatable bonds is 5. The number of benzene rings is 3. The molecule has 0 aliphatic heterocycles. The lowest BCUT2D eigenvalue weighted by Crippen LogP contribution is -2.18. The van der Waals surface area contributed by atoms with Gasteiger partial charge < -0.3 is 4.98 Å². The second-order valence-corrected chi connectivity index (χ2v) is 7.71. The first kappa shape index (κ1) is 21.0. The molecule has 0 spiro atoms. The summed E-state index contributed by atoms with van der Waals surface area (Å²) < 4.78 is 0. The Morgan fingerprint density at radius 2 is 1.79 bits per heavy atom. The fraction of sp³-hybridized carbons (Fsp3) is 0. The van der Waals surface area contributed by atoms with E-state index in [4.69, 9.17) is 0 Å². The van der Waals surface area contributed by atoms with E-state index in [1.807, 2.05) is 36.4 Å². The number of nitrogens with zero attached hydrogens (tertiary/aromatic N) is 2. The summed E-state index contributed by atoms with van der Waals surface area (Å²) in [7, 11) is 0. The van der Waals surface area contributed by atoms with Crippen LogP contribution in [0.2, 0.25) is 0 Å². The summed E-state index contributed by atoms with van der Waals surface area (Å²) in [5.41, 5.74) is 2.25. The van der Waals surface area contributed by atoms with Crippen molar-refractivity contribution in [3.8, 4) is 11.1 Å². The lowest BCUT2D eigenvalue weighted by Gasteiger charge is -2.11. The number of aromatic amines is 1. The first-order valence-electron chi connectivity index (χ1n) is 10.5. The van der Waals surface area contributed by atoms with Crippen molar-refractivity contribution >= 4 is 39.4 Å². The van der Waals surface area contributed by atoms with E-state index in [1.165, 1.54) is 24.3 Å². The Balaban J connectivity index is 1.67. The molecule has 0 aliphatic rings. The number of ketones is 1. The van der Waals surface area contributed by atoms with Gasteiger partial charge in [-0.15, -0.1) is 0 Å². The zero-order valence-corrected chi connectivity index (χ0v) is 17.8. The molecule has 3 aromatic carbocycles. The topological polar surface area (TPSA) is 106 Å². The number of nitrogens with one attached hydrogen (secondary N) is 1. The molecule has 7 heteroatoms. The van der Waals surface area contributed by atoms with Crippen molar-refractivity contribution in [2.45, 2.75) is 0 Å². The zero-order chi connectivity index (χ0) is 23.7. The second kappa shape index (κ2) is 8.55. The third-order valence-electron chi connectivity index (χ3n) is 5.57. The monoisotopic (exact) mass is 447 g/mol.